The van der Waals surface area contributed by atoms with E-state index >= 15 is 0 Å². The smallest absolute Gasteiger partial charge is 0.201 e. The van der Waals surface area contributed by atoms with E-state index in [2.05, 4.69) is 41.3 Å². The van der Waals surface area contributed by atoms with Gasteiger partial charge in [-0.25, -0.2) is 4.98 Å². The minimum Gasteiger partial charge on any atom is -0.395 e. The lowest BCUT2D eigenvalue weighted by Gasteiger charge is -1.97. The van der Waals surface area contributed by atoms with Gasteiger partial charge in [-0.3, -0.25) is 0 Å². The molecular formula is C11H15N3O. The third kappa shape index (κ3) is 1.94. The Bertz CT molecular complexity index is 437. The Morgan fingerprint density at radius 1 is 1.33 bits per heavy atom. The van der Waals surface area contributed by atoms with Gasteiger partial charge < -0.3 is 15.4 Å². The Labute approximate surface area is 88.3 Å². The minimum atomic E-state index is 0.106. The summed E-state index contributed by atoms with van der Waals surface area (Å²) in [6.45, 7) is 4.77. The summed E-state index contributed by atoms with van der Waals surface area (Å²) in [6.07, 6.45) is 0. The number of nitrogens with one attached hydrogen (secondary N) is 2. The first-order valence-electron chi connectivity index (χ1n) is 5.02. The molecule has 4 nitrogen and oxygen atoms in total. The number of hydrogen-bond donors (Lipinski definition) is 3. The van der Waals surface area contributed by atoms with Crippen LogP contribution in [0.4, 0.5) is 5.95 Å². The van der Waals surface area contributed by atoms with Crippen LogP contribution in [-0.4, -0.2) is 28.2 Å². The molecule has 3 N–H and O–H groups in total. The van der Waals surface area contributed by atoms with Crippen LogP contribution in [0.25, 0.3) is 11.0 Å². The molecule has 0 amide bonds. The Hall–Kier alpha value is -1.55. The van der Waals surface area contributed by atoms with Crippen molar-refractivity contribution in [2.45, 2.75) is 13.8 Å². The molecule has 1 aromatic heterocycles. The summed E-state index contributed by atoms with van der Waals surface area (Å²) < 4.78 is 0. The van der Waals surface area contributed by atoms with Gasteiger partial charge in [-0.2, -0.15) is 0 Å². The minimum absolute atomic E-state index is 0.106. The van der Waals surface area contributed by atoms with Crippen molar-refractivity contribution in [2.24, 2.45) is 0 Å². The van der Waals surface area contributed by atoms with Gasteiger partial charge in [0.1, 0.15) is 0 Å². The van der Waals surface area contributed by atoms with Gasteiger partial charge in [-0.1, -0.05) is 0 Å². The molecule has 0 aliphatic heterocycles. The third-order valence-electron chi connectivity index (χ3n) is 2.50. The number of aryl methyl sites for hydroxylation is 2. The van der Waals surface area contributed by atoms with Crippen LogP contribution in [0.5, 0.6) is 0 Å². The largest absolute Gasteiger partial charge is 0.395 e. The number of fused-ring (bicyclic) bond motifs is 1. The van der Waals surface area contributed by atoms with Crippen LogP contribution in [0.15, 0.2) is 12.1 Å². The fourth-order valence-electron chi connectivity index (χ4n) is 1.53. The number of aromatic nitrogens is 2. The zero-order chi connectivity index (χ0) is 10.8. The molecule has 1 heterocycles. The zero-order valence-corrected chi connectivity index (χ0v) is 8.96. The van der Waals surface area contributed by atoms with Crippen LogP contribution in [0, 0.1) is 13.8 Å². The Morgan fingerprint density at radius 3 is 2.80 bits per heavy atom. The fraction of sp³-hybridized carbons (Fsp3) is 0.364. The molecule has 1 aromatic carbocycles. The van der Waals surface area contributed by atoms with Crippen molar-refractivity contribution < 1.29 is 5.11 Å². The number of H-pyrrole nitrogens is 1. The summed E-state index contributed by atoms with van der Waals surface area (Å²) in [7, 11) is 0. The molecule has 0 spiro atoms. The number of hydrogen-bond acceptors (Lipinski definition) is 3. The molecule has 4 heteroatoms. The highest BCUT2D eigenvalue weighted by Crippen LogP contribution is 2.18. The second kappa shape index (κ2) is 3.90. The number of aliphatic hydroxyl groups is 1. The lowest BCUT2D eigenvalue weighted by atomic mass is 10.1. The molecule has 0 aliphatic rings. The van der Waals surface area contributed by atoms with Crippen LogP contribution in [0.2, 0.25) is 0 Å². The highest BCUT2D eigenvalue weighted by molar-refractivity contribution is 5.79. The lowest BCUT2D eigenvalue weighted by molar-refractivity contribution is 0.311. The molecule has 0 atom stereocenters. The zero-order valence-electron chi connectivity index (χ0n) is 8.96. The Kier molecular flexibility index (Phi) is 2.60. The summed E-state index contributed by atoms with van der Waals surface area (Å²) in [5.74, 6) is 0.712. The molecule has 0 unspecified atom stereocenters. The molecule has 0 saturated heterocycles. The number of rotatable bonds is 3. The van der Waals surface area contributed by atoms with E-state index in [1.54, 1.807) is 0 Å². The third-order valence-corrected chi connectivity index (χ3v) is 2.50. The predicted octanol–water partition coefficient (Wildman–Crippen LogP) is 1.58. The van der Waals surface area contributed by atoms with E-state index in [0.29, 0.717) is 12.5 Å². The number of nitrogens with zero attached hydrogens (tertiary/aromatic N) is 1. The second-order valence-electron chi connectivity index (χ2n) is 3.69. The van der Waals surface area contributed by atoms with Gasteiger partial charge in [0.2, 0.25) is 5.95 Å². The topological polar surface area (TPSA) is 60.9 Å². The van der Waals surface area contributed by atoms with Gasteiger partial charge in [0.25, 0.3) is 0 Å². The molecule has 2 rings (SSSR count). The van der Waals surface area contributed by atoms with Crippen LogP contribution < -0.4 is 5.32 Å². The molecule has 15 heavy (non-hydrogen) atoms. The molecule has 2 aromatic rings. The Morgan fingerprint density at radius 2 is 2.07 bits per heavy atom. The van der Waals surface area contributed by atoms with Crippen molar-refractivity contribution in [3.63, 3.8) is 0 Å². The molecule has 0 fully saturated rings. The van der Waals surface area contributed by atoms with E-state index in [1.807, 2.05) is 0 Å². The monoisotopic (exact) mass is 205 g/mol. The van der Waals surface area contributed by atoms with Gasteiger partial charge >= 0.3 is 0 Å². The highest BCUT2D eigenvalue weighted by atomic mass is 16.3. The van der Waals surface area contributed by atoms with E-state index in [4.69, 9.17) is 5.11 Å². The highest BCUT2D eigenvalue weighted by Gasteiger charge is 2.03. The number of aromatic amines is 1. The summed E-state index contributed by atoms with van der Waals surface area (Å²) in [5.41, 5.74) is 4.47. The summed E-state index contributed by atoms with van der Waals surface area (Å²) in [4.78, 5) is 7.54. The maximum Gasteiger partial charge on any atom is 0.201 e. The maximum atomic E-state index is 8.69. The summed E-state index contributed by atoms with van der Waals surface area (Å²) >= 11 is 0. The maximum absolute atomic E-state index is 8.69. The van der Waals surface area contributed by atoms with Crippen molar-refractivity contribution in [2.75, 3.05) is 18.5 Å². The van der Waals surface area contributed by atoms with Gasteiger partial charge in [0.15, 0.2) is 0 Å². The van der Waals surface area contributed by atoms with Crippen LogP contribution in [0.3, 0.4) is 0 Å². The molecule has 0 saturated carbocycles. The van der Waals surface area contributed by atoms with Crippen molar-refractivity contribution in [1.29, 1.82) is 0 Å². The second-order valence-corrected chi connectivity index (χ2v) is 3.69. The predicted molar refractivity (Wildman–Crippen MR) is 61.1 cm³/mol. The summed E-state index contributed by atoms with van der Waals surface area (Å²) in [5, 5.41) is 11.7. The molecule has 0 aliphatic carbocycles. The van der Waals surface area contributed by atoms with Gasteiger partial charge in [-0.05, 0) is 37.1 Å². The van der Waals surface area contributed by atoms with E-state index in [9.17, 15) is 0 Å². The molecular weight excluding hydrogens is 190 g/mol. The normalized spacial score (nSPS) is 10.9. The fourth-order valence-corrected chi connectivity index (χ4v) is 1.53. The molecule has 80 valence electrons. The standard InChI is InChI=1S/C11H15N3O/c1-7-5-9-10(6-8(7)2)14-11(13-9)12-3-4-15/h5-6,15H,3-4H2,1-2H3,(H2,12,13,14). The SMILES string of the molecule is Cc1cc2nc(NCCO)[nH]c2cc1C. The van der Waals surface area contributed by atoms with Crippen molar-refractivity contribution >= 4 is 17.0 Å². The van der Waals surface area contributed by atoms with Crippen molar-refractivity contribution in [3.8, 4) is 0 Å². The van der Waals surface area contributed by atoms with Crippen LogP contribution in [0.1, 0.15) is 11.1 Å². The van der Waals surface area contributed by atoms with E-state index in [0.717, 1.165) is 11.0 Å². The first-order chi connectivity index (χ1) is 7.20. The van der Waals surface area contributed by atoms with Gasteiger partial charge in [0, 0.05) is 6.54 Å². The van der Waals surface area contributed by atoms with Gasteiger partial charge in [0.05, 0.1) is 17.6 Å². The number of aliphatic hydroxyl groups excluding tert-OH is 1. The average Bonchev–Trinajstić information content (AvgIpc) is 2.58. The first-order valence-corrected chi connectivity index (χ1v) is 5.02. The van der Waals surface area contributed by atoms with Crippen molar-refractivity contribution in [1.82, 2.24) is 9.97 Å². The van der Waals surface area contributed by atoms with Crippen LogP contribution >= 0.6 is 0 Å². The first kappa shape index (κ1) is 9.98. The van der Waals surface area contributed by atoms with Crippen molar-refractivity contribution in [3.05, 3.63) is 23.3 Å². The van der Waals surface area contributed by atoms with Crippen LogP contribution in [-0.2, 0) is 0 Å². The average molecular weight is 205 g/mol. The van der Waals surface area contributed by atoms with E-state index in [-0.39, 0.29) is 6.61 Å². The number of imidazole rings is 1. The van der Waals surface area contributed by atoms with E-state index in [1.165, 1.54) is 11.1 Å². The quantitative estimate of drug-likeness (QED) is 0.713. The molecule has 0 bridgehead atoms. The van der Waals surface area contributed by atoms with E-state index < -0.39 is 0 Å². The number of anilines is 1. The van der Waals surface area contributed by atoms with Gasteiger partial charge in [-0.15, -0.1) is 0 Å². The number of benzene rings is 1. The summed E-state index contributed by atoms with van der Waals surface area (Å²) in [6, 6.07) is 4.15. The lowest BCUT2D eigenvalue weighted by Crippen LogP contribution is -2.06. The Balaban J connectivity index is 2.38. The molecule has 0 radical (unpaired) electrons.